The molecule has 1 aromatic carbocycles. The van der Waals surface area contributed by atoms with Gasteiger partial charge in [-0.05, 0) is 19.1 Å². The van der Waals surface area contributed by atoms with Gasteiger partial charge >= 0.3 is 6.09 Å². The predicted octanol–water partition coefficient (Wildman–Crippen LogP) is 2.34. The van der Waals surface area contributed by atoms with Crippen LogP contribution in [0.3, 0.4) is 0 Å². The number of nitrogens with one attached hydrogen (secondary N) is 1. The molecule has 1 aliphatic heterocycles. The molecule has 1 amide bonds. The number of cyclic esters (lactones) is 1. The molecule has 18 heavy (non-hydrogen) atoms. The van der Waals surface area contributed by atoms with Crippen LogP contribution >= 0.6 is 0 Å². The van der Waals surface area contributed by atoms with Crippen LogP contribution in [-0.2, 0) is 4.74 Å². The van der Waals surface area contributed by atoms with Gasteiger partial charge < -0.3 is 4.74 Å². The number of ether oxygens (including phenoxy) is 1. The van der Waals surface area contributed by atoms with Crippen LogP contribution in [-0.4, -0.2) is 29.4 Å². The second-order valence-corrected chi connectivity index (χ2v) is 4.27. The van der Waals surface area contributed by atoms with Gasteiger partial charge in [0.1, 0.15) is 6.61 Å². The third-order valence-corrected chi connectivity index (χ3v) is 3.01. The first kappa shape index (κ1) is 10.8. The highest BCUT2D eigenvalue weighted by molar-refractivity contribution is 5.95. The van der Waals surface area contributed by atoms with Crippen molar-refractivity contribution in [1.29, 1.82) is 0 Å². The number of nitrogens with zero attached hydrogens (tertiary/aromatic N) is 2. The molecule has 5 nitrogen and oxygen atoms in total. The van der Waals surface area contributed by atoms with Crippen molar-refractivity contribution < 1.29 is 9.53 Å². The third kappa shape index (κ3) is 1.73. The van der Waals surface area contributed by atoms with Crippen LogP contribution in [0.4, 0.5) is 10.5 Å². The van der Waals surface area contributed by atoms with Gasteiger partial charge in [0.2, 0.25) is 0 Å². The van der Waals surface area contributed by atoms with Crippen molar-refractivity contribution in [2.75, 3.05) is 18.1 Å². The van der Waals surface area contributed by atoms with Crippen molar-refractivity contribution in [1.82, 2.24) is 10.2 Å². The normalized spacial score (nSPS) is 14.9. The van der Waals surface area contributed by atoms with Gasteiger partial charge in [-0.15, -0.1) is 0 Å². The van der Waals surface area contributed by atoms with Gasteiger partial charge in [0.15, 0.2) is 0 Å². The summed E-state index contributed by atoms with van der Waals surface area (Å²) in [6.07, 6.45) is 3.28. The average molecular weight is 243 g/mol. The van der Waals surface area contributed by atoms with E-state index in [1.165, 1.54) is 0 Å². The molecule has 1 aliphatic rings. The largest absolute Gasteiger partial charge is 0.447 e. The first-order valence-corrected chi connectivity index (χ1v) is 5.80. The topological polar surface area (TPSA) is 58.2 Å². The fourth-order valence-electron chi connectivity index (χ4n) is 2.13. The fourth-order valence-corrected chi connectivity index (χ4v) is 2.13. The van der Waals surface area contributed by atoms with Gasteiger partial charge in [0.05, 0.1) is 18.4 Å². The van der Waals surface area contributed by atoms with E-state index in [2.05, 4.69) is 10.2 Å². The van der Waals surface area contributed by atoms with Crippen LogP contribution < -0.4 is 4.90 Å². The number of amides is 1. The van der Waals surface area contributed by atoms with Crippen LogP contribution in [0.2, 0.25) is 0 Å². The highest BCUT2D eigenvalue weighted by atomic mass is 16.6. The van der Waals surface area contributed by atoms with Crippen molar-refractivity contribution in [3.05, 3.63) is 36.2 Å². The first-order chi connectivity index (χ1) is 8.75. The molecule has 1 N–H and O–H groups in total. The van der Waals surface area contributed by atoms with E-state index in [1.807, 2.05) is 31.3 Å². The highest BCUT2D eigenvalue weighted by Crippen LogP contribution is 2.32. The summed E-state index contributed by atoms with van der Waals surface area (Å²) in [6, 6.07) is 5.99. The summed E-state index contributed by atoms with van der Waals surface area (Å²) in [5.41, 5.74) is 3.96. The number of aryl methyl sites for hydroxylation is 1. The molecule has 3 rings (SSSR count). The Morgan fingerprint density at radius 3 is 3.00 bits per heavy atom. The van der Waals surface area contributed by atoms with E-state index in [-0.39, 0.29) is 6.09 Å². The van der Waals surface area contributed by atoms with E-state index in [4.69, 9.17) is 4.74 Å². The van der Waals surface area contributed by atoms with Crippen molar-refractivity contribution in [2.45, 2.75) is 6.92 Å². The summed E-state index contributed by atoms with van der Waals surface area (Å²) in [5, 5.41) is 6.75. The molecular formula is C13H13N3O2. The first-order valence-electron chi connectivity index (χ1n) is 5.80. The molecule has 1 aromatic heterocycles. The Balaban J connectivity index is 2.11. The molecule has 0 bridgehead atoms. The summed E-state index contributed by atoms with van der Waals surface area (Å²) in [4.78, 5) is 13.3. The maximum atomic E-state index is 11.7. The van der Waals surface area contributed by atoms with E-state index in [9.17, 15) is 4.79 Å². The van der Waals surface area contributed by atoms with Gasteiger partial charge in [0, 0.05) is 17.3 Å². The number of benzene rings is 1. The SMILES string of the molecule is Cc1ccc(N2CCOC2=O)c(-c2cn[nH]c2)c1. The van der Waals surface area contributed by atoms with E-state index < -0.39 is 0 Å². The second-order valence-electron chi connectivity index (χ2n) is 4.27. The molecule has 0 saturated carbocycles. The summed E-state index contributed by atoms with van der Waals surface area (Å²) in [7, 11) is 0. The fraction of sp³-hybridized carbons (Fsp3) is 0.231. The number of rotatable bonds is 2. The number of H-pyrrole nitrogens is 1. The lowest BCUT2D eigenvalue weighted by atomic mass is 10.0. The van der Waals surface area contributed by atoms with Gasteiger partial charge in [-0.3, -0.25) is 10.00 Å². The number of hydrogen-bond acceptors (Lipinski definition) is 3. The Hall–Kier alpha value is -2.30. The van der Waals surface area contributed by atoms with Gasteiger partial charge in [0.25, 0.3) is 0 Å². The lowest BCUT2D eigenvalue weighted by molar-refractivity contribution is 0.181. The van der Waals surface area contributed by atoms with E-state index in [0.717, 1.165) is 22.4 Å². The predicted molar refractivity (Wildman–Crippen MR) is 67.5 cm³/mol. The van der Waals surface area contributed by atoms with E-state index in [0.29, 0.717) is 13.2 Å². The van der Waals surface area contributed by atoms with Gasteiger partial charge in [-0.1, -0.05) is 11.6 Å². The smallest absolute Gasteiger partial charge is 0.414 e. The standard InChI is InChI=1S/C13H13N3O2/c1-9-2-3-12(16-4-5-18-13(16)17)11(6-9)10-7-14-15-8-10/h2-3,6-8H,4-5H2,1H3,(H,14,15). The highest BCUT2D eigenvalue weighted by Gasteiger charge is 2.26. The third-order valence-electron chi connectivity index (χ3n) is 3.01. The zero-order valence-electron chi connectivity index (χ0n) is 10.0. The van der Waals surface area contributed by atoms with E-state index >= 15 is 0 Å². The van der Waals surface area contributed by atoms with Gasteiger partial charge in [-0.2, -0.15) is 5.10 Å². The molecule has 0 spiro atoms. The Morgan fingerprint density at radius 1 is 1.44 bits per heavy atom. The number of aromatic amines is 1. The zero-order valence-corrected chi connectivity index (χ0v) is 10.0. The quantitative estimate of drug-likeness (QED) is 0.880. The summed E-state index contributed by atoms with van der Waals surface area (Å²) in [6.45, 7) is 3.06. The molecule has 1 fully saturated rings. The lowest BCUT2D eigenvalue weighted by Crippen LogP contribution is -2.23. The maximum Gasteiger partial charge on any atom is 0.414 e. The minimum Gasteiger partial charge on any atom is -0.447 e. The molecule has 0 radical (unpaired) electrons. The van der Waals surface area contributed by atoms with Crippen molar-refractivity contribution in [2.24, 2.45) is 0 Å². The Kier molecular flexibility index (Phi) is 2.51. The number of aromatic nitrogens is 2. The summed E-state index contributed by atoms with van der Waals surface area (Å²) in [5.74, 6) is 0. The molecule has 2 heterocycles. The average Bonchev–Trinajstić information content (AvgIpc) is 3.00. The second kappa shape index (κ2) is 4.18. The minimum atomic E-state index is -0.288. The van der Waals surface area contributed by atoms with Crippen LogP contribution in [0, 0.1) is 6.92 Å². The lowest BCUT2D eigenvalue weighted by Gasteiger charge is -2.17. The molecule has 92 valence electrons. The Labute approximate surface area is 104 Å². The van der Waals surface area contributed by atoms with Crippen LogP contribution in [0.5, 0.6) is 0 Å². The van der Waals surface area contributed by atoms with Crippen LogP contribution in [0.1, 0.15) is 5.56 Å². The molecule has 0 atom stereocenters. The molecule has 1 saturated heterocycles. The van der Waals surface area contributed by atoms with Crippen molar-refractivity contribution >= 4 is 11.8 Å². The number of hydrogen-bond donors (Lipinski definition) is 1. The Bertz CT molecular complexity index is 578. The van der Waals surface area contributed by atoms with Gasteiger partial charge in [-0.25, -0.2) is 4.79 Å². The zero-order chi connectivity index (χ0) is 12.5. The molecule has 0 unspecified atom stereocenters. The van der Waals surface area contributed by atoms with Crippen LogP contribution in [0.15, 0.2) is 30.6 Å². The van der Waals surface area contributed by atoms with Crippen LogP contribution in [0.25, 0.3) is 11.1 Å². The molecule has 2 aromatic rings. The van der Waals surface area contributed by atoms with Crippen molar-refractivity contribution in [3.8, 4) is 11.1 Å². The summed E-state index contributed by atoms with van der Waals surface area (Å²) < 4.78 is 4.99. The monoisotopic (exact) mass is 243 g/mol. The molecule has 5 heteroatoms. The number of carbonyl (C=O) groups is 1. The number of carbonyl (C=O) groups excluding carboxylic acids is 1. The van der Waals surface area contributed by atoms with Crippen molar-refractivity contribution in [3.63, 3.8) is 0 Å². The molecule has 0 aliphatic carbocycles. The molecular weight excluding hydrogens is 230 g/mol. The number of anilines is 1. The van der Waals surface area contributed by atoms with E-state index in [1.54, 1.807) is 11.1 Å². The minimum absolute atomic E-state index is 0.288. The summed E-state index contributed by atoms with van der Waals surface area (Å²) >= 11 is 0. The Morgan fingerprint density at radius 2 is 2.33 bits per heavy atom. The maximum absolute atomic E-state index is 11.7.